The molecular formula is C22H20ClN5O2. The summed E-state index contributed by atoms with van der Waals surface area (Å²) in [6.07, 6.45) is 2.29. The fourth-order valence-electron chi connectivity index (χ4n) is 3.63. The van der Waals surface area contributed by atoms with Gasteiger partial charge >= 0.3 is 0 Å². The van der Waals surface area contributed by atoms with Crippen molar-refractivity contribution in [1.82, 2.24) is 14.9 Å². The molecule has 0 unspecified atom stereocenters. The zero-order valence-corrected chi connectivity index (χ0v) is 17.2. The number of fused-ring (bicyclic) bond motifs is 3. The highest BCUT2D eigenvalue weighted by Crippen LogP contribution is 2.34. The van der Waals surface area contributed by atoms with Gasteiger partial charge in [-0.1, -0.05) is 18.5 Å². The van der Waals surface area contributed by atoms with Crippen LogP contribution >= 0.6 is 11.6 Å². The first kappa shape index (κ1) is 20.1. The molecule has 7 nitrogen and oxygen atoms in total. The molecule has 0 saturated heterocycles. The third-order valence-electron chi connectivity index (χ3n) is 5.14. The molecule has 152 valence electrons. The quantitative estimate of drug-likeness (QED) is 0.671. The van der Waals surface area contributed by atoms with Crippen LogP contribution in [-0.2, 0) is 24.5 Å². The van der Waals surface area contributed by atoms with Crippen molar-refractivity contribution in [3.05, 3.63) is 63.4 Å². The maximum Gasteiger partial charge on any atom is 0.255 e. The number of anilines is 1. The number of rotatable bonds is 5. The van der Waals surface area contributed by atoms with Crippen LogP contribution in [0, 0.1) is 11.3 Å². The summed E-state index contributed by atoms with van der Waals surface area (Å²) >= 11 is 6.48. The largest absolute Gasteiger partial charge is 0.383 e. The van der Waals surface area contributed by atoms with Crippen LogP contribution in [0.25, 0.3) is 10.9 Å². The first-order chi connectivity index (χ1) is 14.5. The summed E-state index contributed by atoms with van der Waals surface area (Å²) in [5.74, 6) is 0.254. The van der Waals surface area contributed by atoms with Gasteiger partial charge in [-0.2, -0.15) is 5.26 Å². The molecule has 0 atom stereocenters. The number of aromatic nitrogens is 2. The number of benzene rings is 1. The highest BCUT2D eigenvalue weighted by atomic mass is 35.5. The third-order valence-corrected chi connectivity index (χ3v) is 5.45. The predicted molar refractivity (Wildman–Crippen MR) is 114 cm³/mol. The average Bonchev–Trinajstić information content (AvgIpc) is 3.24. The van der Waals surface area contributed by atoms with Crippen LogP contribution in [0.1, 0.15) is 46.1 Å². The fraction of sp³-hybridized carbons (Fsp3) is 0.273. The van der Waals surface area contributed by atoms with Gasteiger partial charge in [0.1, 0.15) is 11.9 Å². The Balaban J connectivity index is 1.71. The molecule has 1 aromatic carbocycles. The van der Waals surface area contributed by atoms with Gasteiger partial charge in [-0.05, 0) is 36.2 Å². The van der Waals surface area contributed by atoms with Gasteiger partial charge < -0.3 is 15.4 Å². The van der Waals surface area contributed by atoms with Crippen molar-refractivity contribution in [3.63, 3.8) is 0 Å². The van der Waals surface area contributed by atoms with Gasteiger partial charge in [-0.25, -0.2) is 4.98 Å². The Kier molecular flexibility index (Phi) is 5.53. The standard InChI is InChI=1S/C22H20ClN5O2/c1-2-5-28(10-14-4-3-13(8-24)9-26-14)22(29)16-6-15-17-11-30-12-18(17)21(25)27-20(15)7-19(16)23/h3-4,6-7,9H,2,5,10-12H2,1H3,(H2,25,27). The molecule has 0 bridgehead atoms. The number of nitrogens with two attached hydrogens (primary N) is 1. The number of carbonyl (C=O) groups excluding carboxylic acids is 1. The van der Waals surface area contributed by atoms with Crippen LogP contribution in [-0.4, -0.2) is 27.3 Å². The van der Waals surface area contributed by atoms with Gasteiger partial charge in [-0.15, -0.1) is 0 Å². The maximum atomic E-state index is 13.4. The smallest absolute Gasteiger partial charge is 0.255 e. The minimum absolute atomic E-state index is 0.181. The summed E-state index contributed by atoms with van der Waals surface area (Å²) in [4.78, 5) is 23.8. The molecule has 8 heteroatoms. The van der Waals surface area contributed by atoms with Crippen molar-refractivity contribution in [3.8, 4) is 6.07 Å². The molecule has 0 saturated carbocycles. The number of hydrogen-bond acceptors (Lipinski definition) is 6. The number of pyridine rings is 2. The Morgan fingerprint density at radius 2 is 2.13 bits per heavy atom. The number of halogens is 1. The Hall–Kier alpha value is -3.21. The lowest BCUT2D eigenvalue weighted by Gasteiger charge is -2.23. The lowest BCUT2D eigenvalue weighted by Crippen LogP contribution is -2.32. The molecule has 1 amide bonds. The number of carbonyl (C=O) groups is 1. The molecule has 0 fully saturated rings. The monoisotopic (exact) mass is 421 g/mol. The van der Waals surface area contributed by atoms with E-state index in [0.29, 0.717) is 59.5 Å². The Morgan fingerprint density at radius 3 is 2.83 bits per heavy atom. The molecule has 3 aromatic rings. The molecule has 3 heterocycles. The maximum absolute atomic E-state index is 13.4. The Morgan fingerprint density at radius 1 is 1.33 bits per heavy atom. The van der Waals surface area contributed by atoms with Gasteiger partial charge in [0, 0.05) is 23.7 Å². The zero-order chi connectivity index (χ0) is 21.3. The van der Waals surface area contributed by atoms with Crippen LogP contribution in [0.2, 0.25) is 5.02 Å². The number of nitrogen functional groups attached to an aromatic ring is 1. The van der Waals surface area contributed by atoms with Crippen molar-refractivity contribution in [2.75, 3.05) is 12.3 Å². The fourth-order valence-corrected chi connectivity index (χ4v) is 3.87. The van der Waals surface area contributed by atoms with E-state index in [1.807, 2.05) is 13.0 Å². The number of nitriles is 1. The van der Waals surface area contributed by atoms with Crippen molar-refractivity contribution in [2.45, 2.75) is 33.1 Å². The molecule has 2 aromatic heterocycles. The summed E-state index contributed by atoms with van der Waals surface area (Å²) in [6.45, 7) is 3.74. The van der Waals surface area contributed by atoms with Gasteiger partial charge in [0.15, 0.2) is 0 Å². The summed E-state index contributed by atoms with van der Waals surface area (Å²) < 4.78 is 5.54. The number of nitrogens with zero attached hydrogens (tertiary/aromatic N) is 4. The van der Waals surface area contributed by atoms with Crippen LogP contribution in [0.15, 0.2) is 30.5 Å². The second kappa shape index (κ2) is 8.27. The Labute approximate surface area is 179 Å². The van der Waals surface area contributed by atoms with E-state index >= 15 is 0 Å². The van der Waals surface area contributed by atoms with E-state index in [0.717, 1.165) is 22.9 Å². The zero-order valence-electron chi connectivity index (χ0n) is 16.5. The van der Waals surface area contributed by atoms with E-state index in [-0.39, 0.29) is 5.91 Å². The second-order valence-corrected chi connectivity index (χ2v) is 7.58. The van der Waals surface area contributed by atoms with Gasteiger partial charge in [0.25, 0.3) is 5.91 Å². The number of ether oxygens (including phenoxy) is 1. The second-order valence-electron chi connectivity index (χ2n) is 7.17. The van der Waals surface area contributed by atoms with Crippen LogP contribution in [0.5, 0.6) is 0 Å². The van der Waals surface area contributed by atoms with Gasteiger partial charge in [0.05, 0.1) is 47.1 Å². The first-order valence-electron chi connectivity index (χ1n) is 9.64. The van der Waals surface area contributed by atoms with E-state index in [1.54, 1.807) is 29.2 Å². The molecule has 1 aliphatic heterocycles. The molecule has 0 aliphatic carbocycles. The van der Waals surface area contributed by atoms with E-state index in [2.05, 4.69) is 9.97 Å². The van der Waals surface area contributed by atoms with Gasteiger partial charge in [-0.3, -0.25) is 9.78 Å². The normalized spacial score (nSPS) is 12.6. The first-order valence-corrected chi connectivity index (χ1v) is 10.0. The summed E-state index contributed by atoms with van der Waals surface area (Å²) in [5, 5.41) is 10.1. The lowest BCUT2D eigenvalue weighted by atomic mass is 10.0. The molecule has 2 N–H and O–H groups in total. The highest BCUT2D eigenvalue weighted by molar-refractivity contribution is 6.34. The molecule has 0 radical (unpaired) electrons. The average molecular weight is 422 g/mol. The summed E-state index contributed by atoms with van der Waals surface area (Å²) in [6, 6.07) is 8.97. The van der Waals surface area contributed by atoms with E-state index in [9.17, 15) is 4.79 Å². The minimum atomic E-state index is -0.181. The Bertz CT molecular complexity index is 1170. The number of hydrogen-bond donors (Lipinski definition) is 1. The molecular weight excluding hydrogens is 402 g/mol. The lowest BCUT2D eigenvalue weighted by molar-refractivity contribution is 0.0741. The van der Waals surface area contributed by atoms with E-state index in [4.69, 9.17) is 27.3 Å². The van der Waals surface area contributed by atoms with Crippen molar-refractivity contribution in [2.24, 2.45) is 0 Å². The third kappa shape index (κ3) is 3.67. The van der Waals surface area contributed by atoms with E-state index in [1.165, 1.54) is 6.20 Å². The summed E-state index contributed by atoms with van der Waals surface area (Å²) in [7, 11) is 0. The van der Waals surface area contributed by atoms with Crippen molar-refractivity contribution in [1.29, 1.82) is 5.26 Å². The molecule has 0 spiro atoms. The van der Waals surface area contributed by atoms with Gasteiger partial charge in [0.2, 0.25) is 0 Å². The summed E-state index contributed by atoms with van der Waals surface area (Å²) in [5.41, 5.74) is 10.1. The SMILES string of the molecule is CCCN(Cc1ccc(C#N)cn1)C(=O)c1cc2c3c(c(N)nc2cc1Cl)COC3. The van der Waals surface area contributed by atoms with Crippen LogP contribution < -0.4 is 5.73 Å². The van der Waals surface area contributed by atoms with E-state index < -0.39 is 0 Å². The van der Waals surface area contributed by atoms with Crippen LogP contribution in [0.3, 0.4) is 0 Å². The van der Waals surface area contributed by atoms with Crippen molar-refractivity contribution >= 4 is 34.2 Å². The number of amides is 1. The topological polar surface area (TPSA) is 105 Å². The minimum Gasteiger partial charge on any atom is -0.383 e. The highest BCUT2D eigenvalue weighted by Gasteiger charge is 2.24. The predicted octanol–water partition coefficient (Wildman–Crippen LogP) is 3.82. The van der Waals surface area contributed by atoms with Crippen molar-refractivity contribution < 1.29 is 9.53 Å². The van der Waals surface area contributed by atoms with Crippen LogP contribution in [0.4, 0.5) is 5.82 Å². The molecule has 1 aliphatic rings. The molecule has 30 heavy (non-hydrogen) atoms. The molecule has 4 rings (SSSR count).